The Balaban J connectivity index is 1.63. The average Bonchev–Trinajstić information content (AvgIpc) is 3.02. The van der Waals surface area contributed by atoms with Crippen molar-refractivity contribution in [3.8, 4) is 0 Å². The SMILES string of the molecule is CC1=CC(C)(C)N(C)c2ccc(/C=C3\SC(=Nc4cccc(C)c4C)NC3=O)cc21. The molecule has 2 heterocycles. The minimum Gasteiger partial charge on any atom is -0.366 e. The van der Waals surface area contributed by atoms with Crippen LogP contribution < -0.4 is 10.2 Å². The first kappa shape index (κ1) is 20.5. The number of thioether (sulfide) groups is 1. The minimum atomic E-state index is -0.104. The Morgan fingerprint density at radius 3 is 2.67 bits per heavy atom. The van der Waals surface area contributed by atoms with Gasteiger partial charge in [-0.25, -0.2) is 4.99 Å². The van der Waals surface area contributed by atoms with Crippen molar-refractivity contribution in [3.05, 3.63) is 69.6 Å². The first-order valence-corrected chi connectivity index (χ1v) is 10.9. The standard InChI is InChI=1S/C25H27N3OS/c1-15-8-7-9-20(17(15)3)26-24-27-23(29)22(30-24)13-18-10-11-21-19(12-18)16(2)14-25(4,5)28(21)6/h7-14H,1-6H3,(H,26,27,29)/b22-13-. The highest BCUT2D eigenvalue weighted by molar-refractivity contribution is 8.18. The van der Waals surface area contributed by atoms with E-state index in [1.165, 1.54) is 34.1 Å². The van der Waals surface area contributed by atoms with Crippen LogP contribution in [0.5, 0.6) is 0 Å². The quantitative estimate of drug-likeness (QED) is 0.626. The van der Waals surface area contributed by atoms with Crippen molar-refractivity contribution in [3.63, 3.8) is 0 Å². The predicted molar refractivity (Wildman–Crippen MR) is 129 cm³/mol. The van der Waals surface area contributed by atoms with Crippen molar-refractivity contribution in [2.45, 2.75) is 40.2 Å². The number of anilines is 1. The molecule has 0 bridgehead atoms. The summed E-state index contributed by atoms with van der Waals surface area (Å²) in [6.07, 6.45) is 4.23. The third-order valence-corrected chi connectivity index (χ3v) is 6.90. The van der Waals surface area contributed by atoms with Gasteiger partial charge in [0.05, 0.1) is 16.1 Å². The Bertz CT molecular complexity index is 1140. The fourth-order valence-corrected chi connectivity index (χ4v) is 4.70. The van der Waals surface area contributed by atoms with Gasteiger partial charge in [0, 0.05) is 18.3 Å². The van der Waals surface area contributed by atoms with Crippen LogP contribution in [0.15, 0.2) is 52.4 Å². The van der Waals surface area contributed by atoms with Crippen molar-refractivity contribution < 1.29 is 4.79 Å². The first-order chi connectivity index (χ1) is 14.2. The third-order valence-electron chi connectivity index (χ3n) is 5.99. The van der Waals surface area contributed by atoms with Gasteiger partial charge >= 0.3 is 0 Å². The zero-order chi connectivity index (χ0) is 21.6. The molecule has 4 nitrogen and oxygen atoms in total. The van der Waals surface area contributed by atoms with E-state index in [0.29, 0.717) is 10.1 Å². The van der Waals surface area contributed by atoms with Crippen LogP contribution in [0.3, 0.4) is 0 Å². The molecule has 1 amide bonds. The van der Waals surface area contributed by atoms with E-state index in [1.54, 1.807) is 0 Å². The zero-order valence-electron chi connectivity index (χ0n) is 18.3. The van der Waals surface area contributed by atoms with E-state index in [9.17, 15) is 4.79 Å². The maximum absolute atomic E-state index is 12.5. The number of hydrogen-bond donors (Lipinski definition) is 1. The van der Waals surface area contributed by atoms with E-state index < -0.39 is 0 Å². The summed E-state index contributed by atoms with van der Waals surface area (Å²) in [5, 5.41) is 3.52. The second-order valence-corrected chi connectivity index (χ2v) is 9.55. The fourth-order valence-electron chi connectivity index (χ4n) is 3.86. The molecular formula is C25H27N3OS. The van der Waals surface area contributed by atoms with Crippen LogP contribution in [0.4, 0.5) is 11.4 Å². The van der Waals surface area contributed by atoms with Crippen molar-refractivity contribution in [2.24, 2.45) is 4.99 Å². The molecule has 0 unspecified atom stereocenters. The van der Waals surface area contributed by atoms with E-state index in [2.05, 4.69) is 80.3 Å². The molecule has 154 valence electrons. The molecule has 0 aromatic heterocycles. The average molecular weight is 418 g/mol. The molecule has 0 saturated carbocycles. The van der Waals surface area contributed by atoms with E-state index in [-0.39, 0.29) is 11.4 Å². The molecule has 1 N–H and O–H groups in total. The maximum Gasteiger partial charge on any atom is 0.264 e. The Hall–Kier alpha value is -2.79. The number of hydrogen-bond acceptors (Lipinski definition) is 4. The van der Waals surface area contributed by atoms with E-state index in [1.807, 2.05) is 25.1 Å². The van der Waals surface area contributed by atoms with Crippen molar-refractivity contribution >= 4 is 45.9 Å². The molecule has 30 heavy (non-hydrogen) atoms. The number of nitrogens with zero attached hydrogens (tertiary/aromatic N) is 2. The molecule has 2 aromatic rings. The summed E-state index contributed by atoms with van der Waals surface area (Å²) in [6, 6.07) is 12.4. The van der Waals surface area contributed by atoms with Crippen molar-refractivity contribution in [1.82, 2.24) is 5.32 Å². The van der Waals surface area contributed by atoms with Gasteiger partial charge in [0.1, 0.15) is 0 Å². The molecule has 2 aliphatic rings. The number of nitrogens with one attached hydrogen (secondary N) is 1. The summed E-state index contributed by atoms with van der Waals surface area (Å²) in [5.74, 6) is -0.104. The number of aryl methyl sites for hydroxylation is 1. The molecule has 0 atom stereocenters. The number of benzene rings is 2. The number of carbonyl (C=O) groups is 1. The molecule has 1 saturated heterocycles. The van der Waals surface area contributed by atoms with Gasteiger partial charge in [-0.2, -0.15) is 0 Å². The number of likely N-dealkylation sites (N-methyl/N-ethyl adjacent to an activating group) is 1. The number of rotatable bonds is 2. The fraction of sp³-hybridized carbons (Fsp3) is 0.280. The van der Waals surface area contributed by atoms with Gasteiger partial charge in [0.15, 0.2) is 5.17 Å². The molecule has 4 rings (SSSR count). The molecule has 0 radical (unpaired) electrons. The molecule has 0 aliphatic carbocycles. The van der Waals surface area contributed by atoms with Gasteiger partial charge in [-0.05, 0) is 92.9 Å². The number of carbonyl (C=O) groups excluding carboxylic acids is 1. The largest absolute Gasteiger partial charge is 0.366 e. The maximum atomic E-state index is 12.5. The third kappa shape index (κ3) is 3.70. The number of allylic oxidation sites excluding steroid dienone is 1. The van der Waals surface area contributed by atoms with Gasteiger partial charge in [0.25, 0.3) is 5.91 Å². The van der Waals surface area contributed by atoms with Crippen molar-refractivity contribution in [1.29, 1.82) is 0 Å². The summed E-state index contributed by atoms with van der Waals surface area (Å²) < 4.78 is 0. The highest BCUT2D eigenvalue weighted by atomic mass is 32.2. The lowest BCUT2D eigenvalue weighted by atomic mass is 9.88. The molecule has 1 fully saturated rings. The second kappa shape index (κ2) is 7.47. The lowest BCUT2D eigenvalue weighted by Crippen LogP contribution is -2.42. The van der Waals surface area contributed by atoms with Crippen LogP contribution in [0.1, 0.15) is 43.0 Å². The predicted octanol–water partition coefficient (Wildman–Crippen LogP) is 5.83. The van der Waals surface area contributed by atoms with E-state index >= 15 is 0 Å². The monoisotopic (exact) mass is 417 g/mol. The number of amides is 1. The summed E-state index contributed by atoms with van der Waals surface area (Å²) in [6.45, 7) is 10.7. The van der Waals surface area contributed by atoms with Gasteiger partial charge < -0.3 is 10.2 Å². The van der Waals surface area contributed by atoms with Crippen LogP contribution in [-0.4, -0.2) is 23.7 Å². The normalized spacial score (nSPS) is 20.4. The lowest BCUT2D eigenvalue weighted by Gasteiger charge is -2.40. The van der Waals surface area contributed by atoms with Crippen LogP contribution >= 0.6 is 11.8 Å². The summed E-state index contributed by atoms with van der Waals surface area (Å²) in [5.41, 5.74) is 7.88. The Morgan fingerprint density at radius 2 is 1.90 bits per heavy atom. The minimum absolute atomic E-state index is 0.0163. The number of aliphatic imine (C=N–C) groups is 1. The molecule has 2 aliphatic heterocycles. The first-order valence-electron chi connectivity index (χ1n) is 10.1. The van der Waals surface area contributed by atoms with Crippen molar-refractivity contribution in [2.75, 3.05) is 11.9 Å². The van der Waals surface area contributed by atoms with Gasteiger partial charge in [-0.1, -0.05) is 24.3 Å². The second-order valence-electron chi connectivity index (χ2n) is 8.52. The van der Waals surface area contributed by atoms with Crippen LogP contribution in [0.25, 0.3) is 11.6 Å². The van der Waals surface area contributed by atoms with Gasteiger partial charge in [-0.15, -0.1) is 0 Å². The lowest BCUT2D eigenvalue weighted by molar-refractivity contribution is -0.115. The zero-order valence-corrected chi connectivity index (χ0v) is 19.1. The van der Waals surface area contributed by atoms with E-state index in [4.69, 9.17) is 0 Å². The highest BCUT2D eigenvalue weighted by Gasteiger charge is 2.29. The molecule has 2 aromatic carbocycles. The highest BCUT2D eigenvalue weighted by Crippen LogP contribution is 2.39. The Morgan fingerprint density at radius 1 is 1.13 bits per heavy atom. The van der Waals surface area contributed by atoms with Crippen LogP contribution in [0, 0.1) is 13.8 Å². The molecule has 5 heteroatoms. The number of fused-ring (bicyclic) bond motifs is 1. The molecular weight excluding hydrogens is 390 g/mol. The Labute approximate surface area is 182 Å². The molecule has 0 spiro atoms. The number of amidine groups is 1. The van der Waals surface area contributed by atoms with Gasteiger partial charge in [-0.3, -0.25) is 4.79 Å². The topological polar surface area (TPSA) is 44.7 Å². The Kier molecular flexibility index (Phi) is 5.10. The van der Waals surface area contributed by atoms with Gasteiger partial charge in [0.2, 0.25) is 0 Å². The summed E-state index contributed by atoms with van der Waals surface area (Å²) in [7, 11) is 2.12. The summed E-state index contributed by atoms with van der Waals surface area (Å²) in [4.78, 5) is 20.1. The van der Waals surface area contributed by atoms with Crippen LogP contribution in [0.2, 0.25) is 0 Å². The smallest absolute Gasteiger partial charge is 0.264 e. The van der Waals surface area contributed by atoms with E-state index in [0.717, 1.165) is 16.8 Å². The summed E-state index contributed by atoms with van der Waals surface area (Å²) >= 11 is 1.39. The van der Waals surface area contributed by atoms with Crippen LogP contribution in [-0.2, 0) is 4.79 Å².